The first kappa shape index (κ1) is 22.0. The molecule has 8 nitrogen and oxygen atoms in total. The molecule has 1 saturated heterocycles. The van der Waals surface area contributed by atoms with Gasteiger partial charge in [0.2, 0.25) is 11.8 Å². The highest BCUT2D eigenvalue weighted by molar-refractivity contribution is 5.88. The minimum absolute atomic E-state index is 0.0465. The summed E-state index contributed by atoms with van der Waals surface area (Å²) in [6.45, 7) is 4.98. The summed E-state index contributed by atoms with van der Waals surface area (Å²) in [4.78, 5) is 39.0. The van der Waals surface area contributed by atoms with Crippen LogP contribution in [-0.2, 0) is 16.0 Å². The molecule has 1 aliphatic heterocycles. The fourth-order valence-corrected chi connectivity index (χ4v) is 3.91. The average Bonchev–Trinajstić information content (AvgIpc) is 2.78. The van der Waals surface area contributed by atoms with Crippen molar-refractivity contribution in [2.24, 2.45) is 11.8 Å². The number of fused-ring (bicyclic) bond motifs is 1. The summed E-state index contributed by atoms with van der Waals surface area (Å²) in [7, 11) is 0. The Balaban J connectivity index is 1.58. The van der Waals surface area contributed by atoms with E-state index in [0.717, 1.165) is 6.42 Å². The van der Waals surface area contributed by atoms with Crippen molar-refractivity contribution in [2.45, 2.75) is 45.6 Å². The number of hydrogen-bond donors (Lipinski definition) is 3. The second-order valence-corrected chi connectivity index (χ2v) is 8.06. The normalized spacial score (nSPS) is 17.0. The number of nitrogens with one attached hydrogen (secondary N) is 2. The third-order valence-corrected chi connectivity index (χ3v) is 6.17. The number of piperidine rings is 1. The zero-order valence-corrected chi connectivity index (χ0v) is 17.6. The highest BCUT2D eigenvalue weighted by Crippen LogP contribution is 2.20. The van der Waals surface area contributed by atoms with Crippen LogP contribution in [0.3, 0.4) is 0 Å². The number of amides is 2. The van der Waals surface area contributed by atoms with E-state index in [9.17, 15) is 19.5 Å². The van der Waals surface area contributed by atoms with Gasteiger partial charge in [0, 0.05) is 24.4 Å². The number of aromatic amines is 1. The Morgan fingerprint density at radius 3 is 2.57 bits per heavy atom. The third-order valence-electron chi connectivity index (χ3n) is 6.17. The average molecular weight is 415 g/mol. The van der Waals surface area contributed by atoms with Gasteiger partial charge in [-0.05, 0) is 24.8 Å². The summed E-state index contributed by atoms with van der Waals surface area (Å²) in [6, 6.07) is 6.88. The van der Waals surface area contributed by atoms with Gasteiger partial charge in [-0.2, -0.15) is 5.10 Å². The summed E-state index contributed by atoms with van der Waals surface area (Å²) in [6.07, 6.45) is 2.17. The Hall–Kier alpha value is -2.74. The lowest BCUT2D eigenvalue weighted by atomic mass is 9.93. The number of nitrogens with zero attached hydrogens (tertiary/aromatic N) is 2. The molecular weight excluding hydrogens is 384 g/mol. The van der Waals surface area contributed by atoms with E-state index in [1.807, 2.05) is 19.9 Å². The molecule has 30 heavy (non-hydrogen) atoms. The van der Waals surface area contributed by atoms with Crippen molar-refractivity contribution in [3.63, 3.8) is 0 Å². The van der Waals surface area contributed by atoms with Gasteiger partial charge in [0.25, 0.3) is 5.56 Å². The number of aromatic nitrogens is 2. The molecule has 162 valence electrons. The largest absolute Gasteiger partial charge is 0.394 e. The van der Waals surface area contributed by atoms with Gasteiger partial charge >= 0.3 is 0 Å². The first-order valence-electron chi connectivity index (χ1n) is 10.6. The first-order chi connectivity index (χ1) is 14.4. The van der Waals surface area contributed by atoms with Crippen molar-refractivity contribution in [3.8, 4) is 0 Å². The first-order valence-corrected chi connectivity index (χ1v) is 10.6. The van der Waals surface area contributed by atoms with E-state index in [2.05, 4.69) is 15.5 Å². The predicted octanol–water partition coefficient (Wildman–Crippen LogP) is 1.23. The molecule has 0 bridgehead atoms. The standard InChI is InChI=1S/C22H30N4O4/c1-3-14(2)19(13-27)23-21(29)15-8-10-26(11-9-15)20(28)12-18-16-6-4-5-7-17(16)22(30)25-24-18/h4-7,14-15,19,27H,3,8-13H2,1-2H3,(H,23,29)(H,25,30). The van der Waals surface area contributed by atoms with Gasteiger partial charge in [0.05, 0.1) is 30.1 Å². The van der Waals surface area contributed by atoms with Crippen LogP contribution in [-0.4, -0.2) is 57.8 Å². The molecule has 1 fully saturated rings. The maximum Gasteiger partial charge on any atom is 0.272 e. The van der Waals surface area contributed by atoms with Crippen molar-refractivity contribution >= 4 is 22.6 Å². The highest BCUT2D eigenvalue weighted by atomic mass is 16.3. The SMILES string of the molecule is CCC(C)C(CO)NC(=O)C1CCN(C(=O)Cc2n[nH]c(=O)c3ccccc23)CC1. The number of carbonyl (C=O) groups is 2. The lowest BCUT2D eigenvalue weighted by molar-refractivity contribution is -0.135. The lowest BCUT2D eigenvalue weighted by Crippen LogP contribution is -2.48. The van der Waals surface area contributed by atoms with Crippen LogP contribution >= 0.6 is 0 Å². The van der Waals surface area contributed by atoms with E-state index in [1.165, 1.54) is 0 Å². The van der Waals surface area contributed by atoms with Crippen LogP contribution in [0, 0.1) is 11.8 Å². The molecule has 2 aromatic rings. The van der Waals surface area contributed by atoms with Crippen LogP contribution in [0.5, 0.6) is 0 Å². The third kappa shape index (κ3) is 4.87. The van der Waals surface area contributed by atoms with E-state index in [0.29, 0.717) is 42.4 Å². The van der Waals surface area contributed by atoms with Gasteiger partial charge in [0.15, 0.2) is 0 Å². The molecule has 0 saturated carbocycles. The van der Waals surface area contributed by atoms with Crippen molar-refractivity contribution < 1.29 is 14.7 Å². The predicted molar refractivity (Wildman–Crippen MR) is 114 cm³/mol. The van der Waals surface area contributed by atoms with E-state index in [-0.39, 0.29) is 48.3 Å². The minimum atomic E-state index is -0.271. The summed E-state index contributed by atoms with van der Waals surface area (Å²) >= 11 is 0. The summed E-state index contributed by atoms with van der Waals surface area (Å²) in [5.74, 6) is -0.0550. The number of hydrogen-bond acceptors (Lipinski definition) is 5. The van der Waals surface area contributed by atoms with Gasteiger partial charge < -0.3 is 15.3 Å². The van der Waals surface area contributed by atoms with Crippen LogP contribution in [0.1, 0.15) is 38.8 Å². The Morgan fingerprint density at radius 2 is 1.93 bits per heavy atom. The number of aliphatic hydroxyl groups is 1. The van der Waals surface area contributed by atoms with Crippen LogP contribution in [0.4, 0.5) is 0 Å². The van der Waals surface area contributed by atoms with Crippen LogP contribution in [0.2, 0.25) is 0 Å². The zero-order chi connectivity index (χ0) is 21.7. The molecule has 0 radical (unpaired) electrons. The second-order valence-electron chi connectivity index (χ2n) is 8.06. The molecule has 3 rings (SSSR count). The Kier molecular flexibility index (Phi) is 7.20. The van der Waals surface area contributed by atoms with Crippen LogP contribution in [0.15, 0.2) is 29.1 Å². The highest BCUT2D eigenvalue weighted by Gasteiger charge is 2.29. The molecule has 2 atom stereocenters. The molecule has 3 N–H and O–H groups in total. The van der Waals surface area contributed by atoms with Crippen molar-refractivity contribution in [3.05, 3.63) is 40.3 Å². The summed E-state index contributed by atoms with van der Waals surface area (Å²) in [5, 5.41) is 20.2. The molecule has 0 aliphatic carbocycles. The van der Waals surface area contributed by atoms with E-state index in [1.54, 1.807) is 23.1 Å². The molecule has 1 aromatic carbocycles. The van der Waals surface area contributed by atoms with E-state index < -0.39 is 0 Å². The lowest BCUT2D eigenvalue weighted by Gasteiger charge is -2.32. The number of aliphatic hydroxyl groups excluding tert-OH is 1. The zero-order valence-electron chi connectivity index (χ0n) is 17.6. The fourth-order valence-electron chi connectivity index (χ4n) is 3.91. The summed E-state index contributed by atoms with van der Waals surface area (Å²) in [5.41, 5.74) is 0.279. The maximum atomic E-state index is 12.8. The molecule has 2 amide bonds. The molecule has 1 aromatic heterocycles. The van der Waals surface area contributed by atoms with Gasteiger partial charge in [-0.3, -0.25) is 14.4 Å². The van der Waals surface area contributed by atoms with Gasteiger partial charge in [0.1, 0.15) is 0 Å². The molecule has 2 heterocycles. The van der Waals surface area contributed by atoms with Crippen LogP contribution in [0.25, 0.3) is 10.8 Å². The Labute approximate surface area is 175 Å². The van der Waals surface area contributed by atoms with Crippen LogP contribution < -0.4 is 10.9 Å². The monoisotopic (exact) mass is 414 g/mol. The smallest absolute Gasteiger partial charge is 0.272 e. The van der Waals surface area contributed by atoms with Gasteiger partial charge in [-0.15, -0.1) is 0 Å². The molecule has 2 unspecified atom stereocenters. The molecule has 0 spiro atoms. The summed E-state index contributed by atoms with van der Waals surface area (Å²) < 4.78 is 0. The Morgan fingerprint density at radius 1 is 1.27 bits per heavy atom. The Bertz CT molecular complexity index is 950. The fraction of sp³-hybridized carbons (Fsp3) is 0.545. The second kappa shape index (κ2) is 9.84. The maximum absolute atomic E-state index is 12.8. The number of likely N-dealkylation sites (tertiary alicyclic amines) is 1. The number of H-pyrrole nitrogens is 1. The quantitative estimate of drug-likeness (QED) is 0.630. The number of rotatable bonds is 7. The number of benzene rings is 1. The number of carbonyl (C=O) groups excluding carboxylic acids is 2. The van der Waals surface area contributed by atoms with E-state index in [4.69, 9.17) is 0 Å². The molecule has 8 heteroatoms. The van der Waals surface area contributed by atoms with Crippen molar-refractivity contribution in [1.82, 2.24) is 20.4 Å². The molecular formula is C22H30N4O4. The van der Waals surface area contributed by atoms with Crippen molar-refractivity contribution in [2.75, 3.05) is 19.7 Å². The van der Waals surface area contributed by atoms with Gasteiger partial charge in [-0.1, -0.05) is 38.5 Å². The van der Waals surface area contributed by atoms with Gasteiger partial charge in [-0.25, -0.2) is 5.10 Å². The minimum Gasteiger partial charge on any atom is -0.394 e. The van der Waals surface area contributed by atoms with Crippen molar-refractivity contribution in [1.29, 1.82) is 0 Å². The topological polar surface area (TPSA) is 115 Å². The molecule has 1 aliphatic rings. The van der Waals surface area contributed by atoms with E-state index >= 15 is 0 Å².